The SMILES string of the molecule is C=C(C)C(=O)CCC(=O)N1CCC(C)CC1. The monoisotopic (exact) mass is 223 g/mol. The fraction of sp³-hybridized carbons (Fsp3) is 0.692. The number of nitrogens with zero attached hydrogens (tertiary/aromatic N) is 1. The Kier molecular flexibility index (Phi) is 4.71. The number of rotatable bonds is 4. The molecule has 0 aromatic heterocycles. The summed E-state index contributed by atoms with van der Waals surface area (Å²) in [6, 6.07) is 0. The van der Waals surface area contributed by atoms with Crippen LogP contribution in [0, 0.1) is 5.92 Å². The average Bonchev–Trinajstić information content (AvgIpc) is 2.26. The van der Waals surface area contributed by atoms with Crippen molar-refractivity contribution in [1.82, 2.24) is 4.90 Å². The molecule has 1 saturated heterocycles. The van der Waals surface area contributed by atoms with Gasteiger partial charge in [0.05, 0.1) is 0 Å². The Morgan fingerprint density at radius 2 is 1.81 bits per heavy atom. The van der Waals surface area contributed by atoms with Crippen LogP contribution in [0.2, 0.25) is 0 Å². The molecule has 1 aliphatic heterocycles. The first kappa shape index (κ1) is 12.9. The number of allylic oxidation sites excluding steroid dienone is 1. The van der Waals surface area contributed by atoms with Gasteiger partial charge in [-0.1, -0.05) is 13.5 Å². The molecular formula is C13H21NO2. The van der Waals surface area contributed by atoms with E-state index >= 15 is 0 Å². The molecule has 0 spiro atoms. The molecule has 3 heteroatoms. The van der Waals surface area contributed by atoms with Crippen molar-refractivity contribution in [1.29, 1.82) is 0 Å². The highest BCUT2D eigenvalue weighted by molar-refractivity contribution is 5.96. The Labute approximate surface area is 97.5 Å². The number of likely N-dealkylation sites (tertiary alicyclic amines) is 1. The Bertz CT molecular complexity index is 288. The maximum atomic E-state index is 11.8. The zero-order valence-electron chi connectivity index (χ0n) is 10.3. The van der Waals surface area contributed by atoms with Crippen molar-refractivity contribution in [2.24, 2.45) is 5.92 Å². The fourth-order valence-corrected chi connectivity index (χ4v) is 1.85. The predicted octanol–water partition coefficient (Wildman–Crippen LogP) is 2.17. The predicted molar refractivity (Wildman–Crippen MR) is 64.0 cm³/mol. The summed E-state index contributed by atoms with van der Waals surface area (Å²) < 4.78 is 0. The van der Waals surface area contributed by atoms with Crippen LogP contribution >= 0.6 is 0 Å². The third-order valence-electron chi connectivity index (χ3n) is 3.18. The molecule has 1 rings (SSSR count). The molecule has 0 radical (unpaired) electrons. The standard InChI is InChI=1S/C13H21NO2/c1-10(2)12(15)4-5-13(16)14-8-6-11(3)7-9-14/h11H,1,4-9H2,2-3H3. The van der Waals surface area contributed by atoms with Crippen LogP contribution in [-0.2, 0) is 9.59 Å². The lowest BCUT2D eigenvalue weighted by molar-refractivity contribution is -0.134. The van der Waals surface area contributed by atoms with E-state index in [1.807, 2.05) is 4.90 Å². The zero-order chi connectivity index (χ0) is 12.1. The van der Waals surface area contributed by atoms with Crippen LogP contribution < -0.4 is 0 Å². The molecule has 1 heterocycles. The second-order valence-electron chi connectivity index (χ2n) is 4.77. The highest BCUT2D eigenvalue weighted by Crippen LogP contribution is 2.17. The van der Waals surface area contributed by atoms with Gasteiger partial charge in [-0.3, -0.25) is 9.59 Å². The lowest BCUT2D eigenvalue weighted by Gasteiger charge is -2.30. The van der Waals surface area contributed by atoms with E-state index in [1.165, 1.54) is 0 Å². The van der Waals surface area contributed by atoms with Crippen LogP contribution in [-0.4, -0.2) is 29.7 Å². The summed E-state index contributed by atoms with van der Waals surface area (Å²) in [5, 5.41) is 0. The summed E-state index contributed by atoms with van der Waals surface area (Å²) in [6.45, 7) is 9.18. The summed E-state index contributed by atoms with van der Waals surface area (Å²) in [6.07, 6.45) is 2.81. The van der Waals surface area contributed by atoms with E-state index in [2.05, 4.69) is 13.5 Å². The van der Waals surface area contributed by atoms with Crippen molar-refractivity contribution in [3.05, 3.63) is 12.2 Å². The van der Waals surface area contributed by atoms with E-state index in [4.69, 9.17) is 0 Å². The Morgan fingerprint density at radius 1 is 1.25 bits per heavy atom. The fourth-order valence-electron chi connectivity index (χ4n) is 1.85. The molecule has 3 nitrogen and oxygen atoms in total. The first-order valence-corrected chi connectivity index (χ1v) is 5.97. The van der Waals surface area contributed by atoms with Gasteiger partial charge < -0.3 is 4.90 Å². The lowest BCUT2D eigenvalue weighted by atomic mass is 9.99. The first-order valence-electron chi connectivity index (χ1n) is 5.97. The van der Waals surface area contributed by atoms with E-state index in [1.54, 1.807) is 6.92 Å². The van der Waals surface area contributed by atoms with Gasteiger partial charge in [0.2, 0.25) is 5.91 Å². The zero-order valence-corrected chi connectivity index (χ0v) is 10.3. The average molecular weight is 223 g/mol. The number of hydrogen-bond acceptors (Lipinski definition) is 2. The molecule has 0 aromatic rings. The molecule has 0 bridgehead atoms. The van der Waals surface area contributed by atoms with Crippen molar-refractivity contribution < 1.29 is 9.59 Å². The normalized spacial score (nSPS) is 17.2. The largest absolute Gasteiger partial charge is 0.343 e. The number of ketones is 1. The van der Waals surface area contributed by atoms with E-state index in [0.717, 1.165) is 31.8 Å². The van der Waals surface area contributed by atoms with Crippen molar-refractivity contribution >= 4 is 11.7 Å². The first-order chi connectivity index (χ1) is 7.50. The van der Waals surface area contributed by atoms with Gasteiger partial charge in [-0.25, -0.2) is 0 Å². The molecule has 0 N–H and O–H groups in total. The second kappa shape index (κ2) is 5.83. The van der Waals surface area contributed by atoms with Gasteiger partial charge in [-0.2, -0.15) is 0 Å². The molecule has 0 aliphatic carbocycles. The maximum absolute atomic E-state index is 11.8. The molecule has 1 amide bonds. The summed E-state index contributed by atoms with van der Waals surface area (Å²) in [4.78, 5) is 25.0. The number of piperidine rings is 1. The Morgan fingerprint density at radius 3 is 2.31 bits per heavy atom. The number of carbonyl (C=O) groups excluding carboxylic acids is 2. The van der Waals surface area contributed by atoms with Crippen LogP contribution in [0.15, 0.2) is 12.2 Å². The molecule has 1 aliphatic rings. The minimum atomic E-state index is -0.00118. The van der Waals surface area contributed by atoms with Crippen LogP contribution in [0.4, 0.5) is 0 Å². The summed E-state index contributed by atoms with van der Waals surface area (Å²) in [5.74, 6) is 0.835. The summed E-state index contributed by atoms with van der Waals surface area (Å²) >= 11 is 0. The number of hydrogen-bond donors (Lipinski definition) is 0. The van der Waals surface area contributed by atoms with Gasteiger partial charge in [0, 0.05) is 25.9 Å². The van der Waals surface area contributed by atoms with Crippen molar-refractivity contribution in [3.63, 3.8) is 0 Å². The molecule has 90 valence electrons. The lowest BCUT2D eigenvalue weighted by Crippen LogP contribution is -2.38. The van der Waals surface area contributed by atoms with E-state index in [-0.39, 0.29) is 11.7 Å². The topological polar surface area (TPSA) is 37.4 Å². The van der Waals surface area contributed by atoms with Gasteiger partial charge in [0.1, 0.15) is 0 Å². The third-order valence-corrected chi connectivity index (χ3v) is 3.18. The van der Waals surface area contributed by atoms with Crippen LogP contribution in [0.25, 0.3) is 0 Å². The highest BCUT2D eigenvalue weighted by Gasteiger charge is 2.20. The van der Waals surface area contributed by atoms with Crippen LogP contribution in [0.5, 0.6) is 0 Å². The Balaban J connectivity index is 2.30. The van der Waals surface area contributed by atoms with Crippen LogP contribution in [0.1, 0.15) is 39.5 Å². The highest BCUT2D eigenvalue weighted by atomic mass is 16.2. The second-order valence-corrected chi connectivity index (χ2v) is 4.77. The van der Waals surface area contributed by atoms with E-state index < -0.39 is 0 Å². The van der Waals surface area contributed by atoms with Crippen molar-refractivity contribution in [3.8, 4) is 0 Å². The smallest absolute Gasteiger partial charge is 0.223 e. The Hall–Kier alpha value is -1.12. The van der Waals surface area contributed by atoms with Crippen LogP contribution in [0.3, 0.4) is 0 Å². The summed E-state index contributed by atoms with van der Waals surface area (Å²) in [5.41, 5.74) is 0.542. The quantitative estimate of drug-likeness (QED) is 0.685. The maximum Gasteiger partial charge on any atom is 0.223 e. The number of carbonyl (C=O) groups is 2. The van der Waals surface area contributed by atoms with Gasteiger partial charge >= 0.3 is 0 Å². The molecule has 16 heavy (non-hydrogen) atoms. The molecule has 0 saturated carbocycles. The van der Waals surface area contributed by atoms with E-state index in [9.17, 15) is 9.59 Å². The molecule has 1 fully saturated rings. The molecule has 0 atom stereocenters. The van der Waals surface area contributed by atoms with Gasteiger partial charge in [0.25, 0.3) is 0 Å². The van der Waals surface area contributed by atoms with Gasteiger partial charge in [0.15, 0.2) is 5.78 Å². The number of amides is 1. The minimum absolute atomic E-state index is 0.00118. The van der Waals surface area contributed by atoms with Crippen molar-refractivity contribution in [2.75, 3.05) is 13.1 Å². The van der Waals surface area contributed by atoms with Crippen molar-refractivity contribution in [2.45, 2.75) is 39.5 Å². The van der Waals surface area contributed by atoms with Gasteiger partial charge in [-0.05, 0) is 31.3 Å². The van der Waals surface area contributed by atoms with E-state index in [0.29, 0.717) is 18.4 Å². The molecule has 0 unspecified atom stereocenters. The number of Topliss-reactive ketones (excluding diaryl/α,β-unsaturated/α-hetero) is 1. The summed E-state index contributed by atoms with van der Waals surface area (Å²) in [7, 11) is 0. The molecule has 0 aromatic carbocycles. The van der Waals surface area contributed by atoms with Gasteiger partial charge in [-0.15, -0.1) is 0 Å². The molecular weight excluding hydrogens is 202 g/mol. The third kappa shape index (κ3) is 3.80. The minimum Gasteiger partial charge on any atom is -0.343 e.